The van der Waals surface area contributed by atoms with E-state index in [-0.39, 0.29) is 30.1 Å². The molecule has 0 aromatic carbocycles. The molecule has 0 spiro atoms. The fourth-order valence-electron chi connectivity index (χ4n) is 4.39. The lowest BCUT2D eigenvalue weighted by Crippen LogP contribution is -2.34. The summed E-state index contributed by atoms with van der Waals surface area (Å²) in [6.07, 6.45) is 7.90. The van der Waals surface area contributed by atoms with E-state index in [9.17, 15) is 14.4 Å². The Morgan fingerprint density at radius 1 is 1.38 bits per heavy atom. The average molecular weight is 544 g/mol. The molecule has 0 saturated carbocycles. The second kappa shape index (κ2) is 11.6. The molecular formula is C26H33N5O4S2. The van der Waals surface area contributed by atoms with Gasteiger partial charge in [0, 0.05) is 30.2 Å². The van der Waals surface area contributed by atoms with Crippen molar-refractivity contribution in [2.24, 2.45) is 23.9 Å². The molecule has 1 atom stereocenters. The van der Waals surface area contributed by atoms with Crippen molar-refractivity contribution >= 4 is 57.1 Å². The van der Waals surface area contributed by atoms with Gasteiger partial charge < -0.3 is 10.1 Å². The number of nitrogens with one attached hydrogen (secondary N) is 1. The molecule has 0 saturated heterocycles. The summed E-state index contributed by atoms with van der Waals surface area (Å²) in [5, 5.41) is 8.12. The van der Waals surface area contributed by atoms with Crippen LogP contribution in [0.3, 0.4) is 0 Å². The molecule has 1 N–H and O–H groups in total. The van der Waals surface area contributed by atoms with E-state index in [0.717, 1.165) is 35.3 Å². The van der Waals surface area contributed by atoms with E-state index >= 15 is 0 Å². The molecule has 198 valence electrons. The molecule has 11 heteroatoms. The molecule has 0 unspecified atom stereocenters. The number of fused-ring (bicyclic) bond motifs is 1. The highest BCUT2D eigenvalue weighted by atomic mass is 32.2. The van der Waals surface area contributed by atoms with Crippen LogP contribution in [-0.4, -0.2) is 56.5 Å². The highest BCUT2D eigenvalue weighted by Gasteiger charge is 2.32. The Balaban J connectivity index is 1.50. The zero-order chi connectivity index (χ0) is 26.7. The molecule has 1 aliphatic heterocycles. The van der Waals surface area contributed by atoms with Gasteiger partial charge in [-0.2, -0.15) is 5.10 Å². The third-order valence-electron chi connectivity index (χ3n) is 6.06. The maximum absolute atomic E-state index is 13.1. The number of hydrogen-bond acceptors (Lipinski definition) is 8. The number of nitrogens with zero attached hydrogens (tertiary/aromatic N) is 4. The van der Waals surface area contributed by atoms with Gasteiger partial charge in [-0.1, -0.05) is 32.5 Å². The highest BCUT2D eigenvalue weighted by Crippen LogP contribution is 2.40. The van der Waals surface area contributed by atoms with Crippen molar-refractivity contribution in [1.82, 2.24) is 14.7 Å². The fraction of sp³-hybridized carbons (Fsp3) is 0.500. The van der Waals surface area contributed by atoms with Gasteiger partial charge in [-0.25, -0.2) is 9.79 Å². The van der Waals surface area contributed by atoms with Crippen LogP contribution in [-0.2, 0) is 34.2 Å². The summed E-state index contributed by atoms with van der Waals surface area (Å²) in [6.45, 7) is 8.81. The van der Waals surface area contributed by atoms with E-state index in [0.29, 0.717) is 33.9 Å². The fourth-order valence-corrected chi connectivity index (χ4v) is 6.61. The van der Waals surface area contributed by atoms with Gasteiger partial charge in [0.1, 0.15) is 10.7 Å². The molecule has 2 amide bonds. The number of aryl methyl sites for hydroxylation is 1. The summed E-state index contributed by atoms with van der Waals surface area (Å²) < 4.78 is 6.97. The quantitative estimate of drug-likeness (QED) is 0.392. The zero-order valence-corrected chi connectivity index (χ0v) is 23.5. The third kappa shape index (κ3) is 6.32. The van der Waals surface area contributed by atoms with Crippen LogP contribution in [0.15, 0.2) is 23.1 Å². The van der Waals surface area contributed by atoms with Crippen LogP contribution in [0.4, 0.5) is 5.00 Å². The number of thiophene rings is 1. The Labute approximate surface area is 225 Å². The first-order valence-corrected chi connectivity index (χ1v) is 14.3. The number of anilines is 1. The number of aliphatic imine (C=N–C) groups is 1. The number of ether oxygens (including phenoxy) is 1. The predicted molar refractivity (Wildman–Crippen MR) is 148 cm³/mol. The second-order valence-corrected chi connectivity index (χ2v) is 11.8. The zero-order valence-electron chi connectivity index (χ0n) is 21.9. The van der Waals surface area contributed by atoms with E-state index in [1.54, 1.807) is 28.8 Å². The van der Waals surface area contributed by atoms with Gasteiger partial charge in [-0.3, -0.25) is 19.2 Å². The topological polar surface area (TPSA) is 106 Å². The van der Waals surface area contributed by atoms with E-state index in [1.165, 1.54) is 23.1 Å². The molecule has 1 aliphatic carbocycles. The molecule has 2 aliphatic rings. The van der Waals surface area contributed by atoms with Crippen LogP contribution < -0.4 is 5.32 Å². The molecule has 0 radical (unpaired) electrons. The number of carbonyl (C=O) groups is 3. The molecule has 2 aromatic rings. The van der Waals surface area contributed by atoms with E-state index in [1.807, 2.05) is 27.1 Å². The molecule has 9 nitrogen and oxygen atoms in total. The van der Waals surface area contributed by atoms with Crippen molar-refractivity contribution in [2.75, 3.05) is 24.2 Å². The van der Waals surface area contributed by atoms with Crippen LogP contribution in [0, 0.1) is 11.8 Å². The van der Waals surface area contributed by atoms with Crippen molar-refractivity contribution in [2.45, 2.75) is 47.0 Å². The average Bonchev–Trinajstić information content (AvgIpc) is 3.48. The smallest absolute Gasteiger partial charge is 0.341 e. The lowest BCUT2D eigenvalue weighted by Gasteiger charge is -2.19. The Hall–Kier alpha value is -2.92. The summed E-state index contributed by atoms with van der Waals surface area (Å²) in [7, 11) is 1.81. The number of amides is 2. The Morgan fingerprint density at radius 3 is 2.84 bits per heavy atom. The first-order valence-electron chi connectivity index (χ1n) is 12.5. The van der Waals surface area contributed by atoms with Crippen LogP contribution >= 0.6 is 23.1 Å². The van der Waals surface area contributed by atoms with Crippen LogP contribution in [0.2, 0.25) is 0 Å². The van der Waals surface area contributed by atoms with Gasteiger partial charge >= 0.3 is 5.97 Å². The number of esters is 1. The van der Waals surface area contributed by atoms with Gasteiger partial charge in [0.05, 0.1) is 24.1 Å². The Bertz CT molecular complexity index is 1260. The number of carbonyl (C=O) groups excluding carboxylic acids is 3. The lowest BCUT2D eigenvalue weighted by atomic mass is 9.88. The molecule has 37 heavy (non-hydrogen) atoms. The number of rotatable bonds is 8. The van der Waals surface area contributed by atoms with E-state index in [2.05, 4.69) is 22.3 Å². The Morgan fingerprint density at radius 2 is 2.16 bits per heavy atom. The molecule has 2 aromatic heterocycles. The number of amidine groups is 1. The number of thioether (sulfide) groups is 1. The van der Waals surface area contributed by atoms with Crippen molar-refractivity contribution in [3.8, 4) is 0 Å². The normalized spacial score (nSPS) is 18.4. The SMILES string of the molecule is CCOC(=O)c1c(NC(=O)CSC2=N/C(=C/c3cnn(C)c3)C(=O)N2CC(C)C)sc2c1CC[C@@H](C)C2. The number of aromatic nitrogens is 2. The molecule has 0 bridgehead atoms. The van der Waals surface area contributed by atoms with E-state index < -0.39 is 5.97 Å². The molecule has 4 rings (SSSR count). The van der Waals surface area contributed by atoms with Gasteiger partial charge in [0.15, 0.2) is 5.17 Å². The van der Waals surface area contributed by atoms with Crippen LogP contribution in [0.25, 0.3) is 6.08 Å². The maximum Gasteiger partial charge on any atom is 0.341 e. The van der Waals surface area contributed by atoms with E-state index in [4.69, 9.17) is 4.74 Å². The van der Waals surface area contributed by atoms with Gasteiger partial charge in [0.2, 0.25) is 5.91 Å². The van der Waals surface area contributed by atoms with Crippen molar-refractivity contribution < 1.29 is 19.1 Å². The van der Waals surface area contributed by atoms with Crippen LogP contribution in [0.5, 0.6) is 0 Å². The minimum absolute atomic E-state index is 0.0577. The monoisotopic (exact) mass is 543 g/mol. The first-order chi connectivity index (χ1) is 17.7. The first kappa shape index (κ1) is 27.1. The second-order valence-electron chi connectivity index (χ2n) is 9.79. The molecule has 0 fully saturated rings. The van der Waals surface area contributed by atoms with Gasteiger partial charge in [-0.15, -0.1) is 11.3 Å². The third-order valence-corrected chi connectivity index (χ3v) is 8.21. The largest absolute Gasteiger partial charge is 0.462 e. The standard InChI is InChI=1S/C26H33N5O4S2/c1-6-35-25(34)22-18-8-7-16(4)9-20(18)37-23(22)29-21(32)14-36-26-28-19(10-17-11-27-30(5)13-17)24(33)31(26)12-15(2)3/h10-11,13,15-16H,6-9,12,14H2,1-5H3,(H,29,32)/b19-10+/t16-/m1/s1. The summed E-state index contributed by atoms with van der Waals surface area (Å²) in [6, 6.07) is 0. The number of hydrogen-bond donors (Lipinski definition) is 1. The Kier molecular flexibility index (Phi) is 8.53. The van der Waals surface area contributed by atoms with Crippen molar-refractivity contribution in [3.63, 3.8) is 0 Å². The lowest BCUT2D eigenvalue weighted by molar-refractivity contribution is -0.123. The molecular weight excluding hydrogens is 510 g/mol. The summed E-state index contributed by atoms with van der Waals surface area (Å²) in [5.41, 5.74) is 2.60. The van der Waals surface area contributed by atoms with Gasteiger partial charge in [-0.05, 0) is 49.7 Å². The summed E-state index contributed by atoms with van der Waals surface area (Å²) >= 11 is 2.68. The molecule has 3 heterocycles. The highest BCUT2D eigenvalue weighted by molar-refractivity contribution is 8.14. The minimum Gasteiger partial charge on any atom is -0.462 e. The predicted octanol–water partition coefficient (Wildman–Crippen LogP) is 4.35. The summed E-state index contributed by atoms with van der Waals surface area (Å²) in [5.74, 6) is -0.0113. The van der Waals surface area contributed by atoms with Crippen molar-refractivity contribution in [3.05, 3.63) is 39.7 Å². The minimum atomic E-state index is -0.392. The van der Waals surface area contributed by atoms with Crippen molar-refractivity contribution in [1.29, 1.82) is 0 Å². The maximum atomic E-state index is 13.1. The van der Waals surface area contributed by atoms with Gasteiger partial charge in [0.25, 0.3) is 5.91 Å². The summed E-state index contributed by atoms with van der Waals surface area (Å²) in [4.78, 5) is 46.1. The van der Waals surface area contributed by atoms with Crippen LogP contribution in [0.1, 0.15) is 60.5 Å².